The van der Waals surface area contributed by atoms with Crippen molar-refractivity contribution in [1.29, 1.82) is 0 Å². The number of carbonyl (C=O) groups is 2. The number of methoxy groups -OCH3 is 1. The van der Waals surface area contributed by atoms with Gasteiger partial charge in [-0.05, 0) is 30.3 Å². The van der Waals surface area contributed by atoms with Crippen LogP contribution in [0.15, 0.2) is 42.6 Å². The van der Waals surface area contributed by atoms with Crippen molar-refractivity contribution in [2.75, 3.05) is 20.2 Å². The molecule has 2 aromatic rings. The van der Waals surface area contributed by atoms with Gasteiger partial charge in [0.05, 0.1) is 19.1 Å². The summed E-state index contributed by atoms with van der Waals surface area (Å²) in [7, 11) is 1.58. The Morgan fingerprint density at radius 1 is 1.23 bits per heavy atom. The van der Waals surface area contributed by atoms with E-state index < -0.39 is 5.60 Å². The number of ketones is 1. The molecule has 0 atom stereocenters. The molecule has 0 aliphatic carbocycles. The molecule has 1 saturated heterocycles. The first-order valence-electron chi connectivity index (χ1n) is 8.71. The van der Waals surface area contributed by atoms with Crippen LogP contribution < -0.4 is 9.47 Å². The first kappa shape index (κ1) is 16.6. The Balaban J connectivity index is 1.49. The van der Waals surface area contributed by atoms with Gasteiger partial charge in [0.25, 0.3) is 5.91 Å². The molecule has 2 aliphatic rings. The lowest BCUT2D eigenvalue weighted by Crippen LogP contribution is -2.52. The Morgan fingerprint density at radius 3 is 2.73 bits per heavy atom. The Bertz CT molecular complexity index is 842. The molecule has 1 aromatic heterocycles. The number of carbonyl (C=O) groups excluding carboxylic acids is 2. The number of ether oxygens (including phenoxy) is 2. The zero-order valence-corrected chi connectivity index (χ0v) is 14.6. The summed E-state index contributed by atoms with van der Waals surface area (Å²) in [5, 5.41) is 0. The van der Waals surface area contributed by atoms with E-state index in [4.69, 9.17) is 9.47 Å². The SMILES string of the molecule is COc1ccc2c(c1)C(=O)CC1(CCN(C(=O)c3ccccn3)CC1)O2. The van der Waals surface area contributed by atoms with Crippen LogP contribution in [0.5, 0.6) is 11.5 Å². The molecule has 2 aliphatic heterocycles. The van der Waals surface area contributed by atoms with Gasteiger partial charge in [-0.1, -0.05) is 6.07 Å². The van der Waals surface area contributed by atoms with Crippen LogP contribution in [-0.4, -0.2) is 47.4 Å². The van der Waals surface area contributed by atoms with Gasteiger partial charge in [-0.2, -0.15) is 0 Å². The smallest absolute Gasteiger partial charge is 0.272 e. The molecule has 1 spiro atoms. The number of amides is 1. The van der Waals surface area contributed by atoms with Crippen molar-refractivity contribution in [3.05, 3.63) is 53.9 Å². The van der Waals surface area contributed by atoms with Gasteiger partial charge in [0.15, 0.2) is 5.78 Å². The predicted molar refractivity (Wildman–Crippen MR) is 94.7 cm³/mol. The topological polar surface area (TPSA) is 68.7 Å². The van der Waals surface area contributed by atoms with Crippen molar-refractivity contribution in [3.63, 3.8) is 0 Å². The number of pyridine rings is 1. The number of fused-ring (bicyclic) bond motifs is 1. The molecule has 4 rings (SSSR count). The van der Waals surface area contributed by atoms with Crippen LogP contribution >= 0.6 is 0 Å². The number of hydrogen-bond acceptors (Lipinski definition) is 5. The van der Waals surface area contributed by atoms with Crippen LogP contribution in [0.3, 0.4) is 0 Å². The summed E-state index contributed by atoms with van der Waals surface area (Å²) in [6.07, 6.45) is 3.21. The summed E-state index contributed by atoms with van der Waals surface area (Å²) in [6.45, 7) is 1.10. The van der Waals surface area contributed by atoms with E-state index in [2.05, 4.69) is 4.98 Å². The summed E-state index contributed by atoms with van der Waals surface area (Å²) in [5.41, 5.74) is 0.489. The summed E-state index contributed by atoms with van der Waals surface area (Å²) >= 11 is 0. The zero-order valence-electron chi connectivity index (χ0n) is 14.6. The Kier molecular flexibility index (Phi) is 4.11. The number of benzene rings is 1. The molecule has 0 bridgehead atoms. The van der Waals surface area contributed by atoms with Crippen LogP contribution in [0.25, 0.3) is 0 Å². The van der Waals surface area contributed by atoms with E-state index in [9.17, 15) is 9.59 Å². The third-order valence-corrected chi connectivity index (χ3v) is 5.14. The maximum Gasteiger partial charge on any atom is 0.272 e. The van der Waals surface area contributed by atoms with Crippen molar-refractivity contribution >= 4 is 11.7 Å². The second-order valence-corrected chi connectivity index (χ2v) is 6.75. The lowest BCUT2D eigenvalue weighted by Gasteiger charge is -2.43. The second kappa shape index (κ2) is 6.44. The van der Waals surface area contributed by atoms with Crippen molar-refractivity contribution < 1.29 is 19.1 Å². The van der Waals surface area contributed by atoms with E-state index in [1.807, 2.05) is 0 Å². The predicted octanol–water partition coefficient (Wildman–Crippen LogP) is 2.73. The molecule has 0 unspecified atom stereocenters. The van der Waals surface area contributed by atoms with Crippen LogP contribution in [0.1, 0.15) is 40.1 Å². The van der Waals surface area contributed by atoms with E-state index in [1.54, 1.807) is 54.6 Å². The largest absolute Gasteiger partial charge is 0.497 e. The van der Waals surface area contributed by atoms with Crippen LogP contribution in [0.4, 0.5) is 0 Å². The van der Waals surface area contributed by atoms with E-state index in [0.717, 1.165) is 0 Å². The number of hydrogen-bond donors (Lipinski definition) is 0. The molecular formula is C20H20N2O4. The minimum Gasteiger partial charge on any atom is -0.497 e. The third kappa shape index (κ3) is 2.92. The van der Waals surface area contributed by atoms with Gasteiger partial charge < -0.3 is 14.4 Å². The molecule has 26 heavy (non-hydrogen) atoms. The molecule has 0 N–H and O–H groups in total. The third-order valence-electron chi connectivity index (χ3n) is 5.14. The van der Waals surface area contributed by atoms with Gasteiger partial charge >= 0.3 is 0 Å². The summed E-state index contributed by atoms with van der Waals surface area (Å²) in [4.78, 5) is 31.1. The first-order chi connectivity index (χ1) is 12.6. The normalized spacial score (nSPS) is 18.2. The quantitative estimate of drug-likeness (QED) is 0.831. The molecule has 6 nitrogen and oxygen atoms in total. The van der Waals surface area contributed by atoms with Crippen LogP contribution in [0, 0.1) is 0 Å². The van der Waals surface area contributed by atoms with Crippen LogP contribution in [0.2, 0.25) is 0 Å². The molecule has 1 fully saturated rings. The number of nitrogens with zero attached hydrogens (tertiary/aromatic N) is 2. The van der Waals surface area contributed by atoms with Gasteiger partial charge in [0.1, 0.15) is 22.8 Å². The Morgan fingerprint density at radius 2 is 2.04 bits per heavy atom. The number of Topliss-reactive ketones (excluding diaryl/α,β-unsaturated/α-hetero) is 1. The fraction of sp³-hybridized carbons (Fsp3) is 0.350. The molecule has 1 aromatic carbocycles. The highest BCUT2D eigenvalue weighted by Gasteiger charge is 2.43. The average molecular weight is 352 g/mol. The number of aromatic nitrogens is 1. The number of piperidine rings is 1. The molecule has 0 saturated carbocycles. The van der Waals surface area contributed by atoms with E-state index >= 15 is 0 Å². The highest BCUT2D eigenvalue weighted by Crippen LogP contribution is 2.40. The molecule has 3 heterocycles. The summed E-state index contributed by atoms with van der Waals surface area (Å²) in [5.74, 6) is 1.24. The van der Waals surface area contributed by atoms with Crippen LogP contribution in [-0.2, 0) is 0 Å². The Hall–Kier alpha value is -2.89. The highest BCUT2D eigenvalue weighted by molar-refractivity contribution is 6.00. The van der Waals surface area contributed by atoms with Gasteiger partial charge in [-0.25, -0.2) is 0 Å². The summed E-state index contributed by atoms with van der Waals surface area (Å²) < 4.78 is 11.4. The molecular weight excluding hydrogens is 332 g/mol. The lowest BCUT2D eigenvalue weighted by atomic mass is 9.82. The van der Waals surface area contributed by atoms with Gasteiger partial charge in [-0.3, -0.25) is 14.6 Å². The van der Waals surface area contributed by atoms with Crippen molar-refractivity contribution in [3.8, 4) is 11.5 Å². The maximum absolute atomic E-state index is 12.6. The summed E-state index contributed by atoms with van der Waals surface area (Å²) in [6, 6.07) is 10.6. The van der Waals surface area contributed by atoms with E-state index in [1.165, 1.54) is 0 Å². The monoisotopic (exact) mass is 352 g/mol. The van der Waals surface area contributed by atoms with E-state index in [-0.39, 0.29) is 11.7 Å². The fourth-order valence-corrected chi connectivity index (χ4v) is 3.65. The minimum atomic E-state index is -0.528. The first-order valence-corrected chi connectivity index (χ1v) is 8.71. The molecule has 134 valence electrons. The Labute approximate surface area is 151 Å². The number of likely N-dealkylation sites (tertiary alicyclic amines) is 1. The maximum atomic E-state index is 12.6. The minimum absolute atomic E-state index is 0.0645. The molecule has 0 radical (unpaired) electrons. The van der Waals surface area contributed by atoms with Gasteiger partial charge in [0.2, 0.25) is 0 Å². The van der Waals surface area contributed by atoms with Crippen molar-refractivity contribution in [2.45, 2.75) is 24.9 Å². The zero-order chi connectivity index (χ0) is 18.1. The van der Waals surface area contributed by atoms with Crippen molar-refractivity contribution in [1.82, 2.24) is 9.88 Å². The average Bonchev–Trinajstić information content (AvgIpc) is 2.68. The van der Waals surface area contributed by atoms with E-state index in [0.29, 0.717) is 55.1 Å². The molecule has 6 heteroatoms. The van der Waals surface area contributed by atoms with Gasteiger partial charge in [-0.15, -0.1) is 0 Å². The molecule has 1 amide bonds. The van der Waals surface area contributed by atoms with Crippen molar-refractivity contribution in [2.24, 2.45) is 0 Å². The second-order valence-electron chi connectivity index (χ2n) is 6.75. The lowest BCUT2D eigenvalue weighted by molar-refractivity contribution is -0.00590. The fourth-order valence-electron chi connectivity index (χ4n) is 3.65. The highest BCUT2D eigenvalue weighted by atomic mass is 16.5. The van der Waals surface area contributed by atoms with Gasteiger partial charge in [0, 0.05) is 32.1 Å². The number of rotatable bonds is 2. The standard InChI is InChI=1S/C20H20N2O4/c1-25-14-5-6-18-15(12-14)17(23)13-20(26-18)7-10-22(11-8-20)19(24)16-4-2-3-9-21-16/h2-6,9,12H,7-8,10-11,13H2,1H3.